The van der Waals surface area contributed by atoms with Crippen molar-refractivity contribution in [2.75, 3.05) is 6.54 Å². The van der Waals surface area contributed by atoms with Crippen molar-refractivity contribution in [2.45, 2.75) is 97.8 Å². The van der Waals surface area contributed by atoms with Crippen LogP contribution in [0.2, 0.25) is 0 Å². The smallest absolute Gasteiger partial charge is 0.275 e. The summed E-state index contributed by atoms with van der Waals surface area (Å²) >= 11 is 0. The summed E-state index contributed by atoms with van der Waals surface area (Å²) in [5.74, 6) is -1.77. The van der Waals surface area contributed by atoms with Gasteiger partial charge in [0.1, 0.15) is 12.1 Å². The number of rotatable bonds is 8. The summed E-state index contributed by atoms with van der Waals surface area (Å²) in [5.41, 5.74) is -0.542. The molecule has 0 aromatic heterocycles. The van der Waals surface area contributed by atoms with Gasteiger partial charge in [-0.15, -0.1) is 0 Å². The molecule has 0 heterocycles. The Morgan fingerprint density at radius 3 is 2.10 bits per heavy atom. The van der Waals surface area contributed by atoms with E-state index >= 15 is 0 Å². The average molecular weight is 414 g/mol. The van der Waals surface area contributed by atoms with Gasteiger partial charge >= 0.3 is 0 Å². The fourth-order valence-corrected chi connectivity index (χ4v) is 3.47. The average Bonchev–Trinajstić information content (AvgIpc) is 2.85. The third kappa shape index (κ3) is 9.12. The zero-order chi connectivity index (χ0) is 22.2. The number of carbonyl (C=O) groups is 3. The molecule has 8 heteroatoms. The zero-order valence-corrected chi connectivity index (χ0v) is 18.5. The molecule has 0 aromatic carbocycles. The Kier molecular flexibility index (Phi) is 10.1. The highest BCUT2D eigenvalue weighted by atomic mass is 16.5. The predicted molar refractivity (Wildman–Crippen MR) is 110 cm³/mol. The van der Waals surface area contributed by atoms with Crippen LogP contribution in [0, 0.1) is 11.3 Å². The van der Waals surface area contributed by atoms with Gasteiger partial charge in [0.25, 0.3) is 5.91 Å². The second-order valence-corrected chi connectivity index (χ2v) is 9.60. The van der Waals surface area contributed by atoms with Gasteiger partial charge in [0, 0.05) is 6.04 Å². The lowest BCUT2D eigenvalue weighted by Crippen LogP contribution is -2.56. The highest BCUT2D eigenvalue weighted by molar-refractivity contribution is 5.91. The van der Waals surface area contributed by atoms with Crippen LogP contribution < -0.4 is 10.6 Å². The van der Waals surface area contributed by atoms with Crippen molar-refractivity contribution in [3.8, 4) is 0 Å². The number of carbonyl (C=O) groups excluding carboxylic acids is 3. The molecule has 0 saturated heterocycles. The van der Waals surface area contributed by atoms with Crippen molar-refractivity contribution >= 4 is 17.7 Å². The SMILES string of the molecule is CC(C)CN(O)C(=O)[C@@H](O)CC(=O)N[C@H](C(=O)NC1CCCCCC1)C(C)(C)C. The standard InChI is InChI=1S/C21H39N3O5/c1-14(2)13-24(29)20(28)16(25)12-17(26)23-18(21(3,4)5)19(27)22-15-10-8-6-7-9-11-15/h14-16,18,25,29H,6-13H2,1-5H3,(H,22,27)(H,23,26)/t16-,18+/m0/s1. The van der Waals surface area contributed by atoms with E-state index in [9.17, 15) is 24.7 Å². The molecule has 1 aliphatic carbocycles. The van der Waals surface area contributed by atoms with E-state index in [0.717, 1.165) is 25.7 Å². The molecule has 0 spiro atoms. The molecule has 0 aromatic rings. The Hall–Kier alpha value is -1.67. The van der Waals surface area contributed by atoms with E-state index in [4.69, 9.17) is 0 Å². The summed E-state index contributed by atoms with van der Waals surface area (Å²) in [6, 6.07) is -0.681. The van der Waals surface area contributed by atoms with Gasteiger partial charge in [-0.05, 0) is 24.2 Å². The molecule has 4 N–H and O–H groups in total. The van der Waals surface area contributed by atoms with Gasteiger partial charge in [-0.1, -0.05) is 60.3 Å². The lowest BCUT2D eigenvalue weighted by molar-refractivity contribution is -0.177. The topological polar surface area (TPSA) is 119 Å². The maximum absolute atomic E-state index is 12.9. The van der Waals surface area contributed by atoms with Crippen molar-refractivity contribution < 1.29 is 24.7 Å². The van der Waals surface area contributed by atoms with Gasteiger partial charge in [-0.25, -0.2) is 5.06 Å². The minimum Gasteiger partial charge on any atom is -0.383 e. The minimum absolute atomic E-state index is 0.0166. The van der Waals surface area contributed by atoms with Crippen molar-refractivity contribution in [1.29, 1.82) is 0 Å². The molecular formula is C21H39N3O5. The second-order valence-electron chi connectivity index (χ2n) is 9.60. The second kappa shape index (κ2) is 11.5. The summed E-state index contributed by atoms with van der Waals surface area (Å²) in [6.45, 7) is 9.25. The third-order valence-corrected chi connectivity index (χ3v) is 5.09. The molecular weight excluding hydrogens is 374 g/mol. The third-order valence-electron chi connectivity index (χ3n) is 5.09. The van der Waals surface area contributed by atoms with Crippen LogP contribution in [0.1, 0.15) is 79.6 Å². The van der Waals surface area contributed by atoms with Crippen LogP contribution in [0.4, 0.5) is 0 Å². The van der Waals surface area contributed by atoms with Crippen LogP contribution in [0.15, 0.2) is 0 Å². The number of hydroxylamine groups is 2. The first-order valence-corrected chi connectivity index (χ1v) is 10.7. The minimum atomic E-state index is -1.66. The first kappa shape index (κ1) is 25.4. The molecule has 8 nitrogen and oxygen atoms in total. The summed E-state index contributed by atoms with van der Waals surface area (Å²) in [6.07, 6.45) is 4.21. The van der Waals surface area contributed by atoms with Gasteiger partial charge < -0.3 is 15.7 Å². The summed E-state index contributed by atoms with van der Waals surface area (Å²) in [4.78, 5) is 37.3. The Bertz CT molecular complexity index is 551. The lowest BCUT2D eigenvalue weighted by Gasteiger charge is -2.32. The summed E-state index contributed by atoms with van der Waals surface area (Å²) in [7, 11) is 0. The van der Waals surface area contributed by atoms with E-state index in [1.165, 1.54) is 12.8 Å². The molecule has 1 fully saturated rings. The molecule has 168 valence electrons. The first-order chi connectivity index (χ1) is 13.4. The fourth-order valence-electron chi connectivity index (χ4n) is 3.47. The largest absolute Gasteiger partial charge is 0.383 e. The highest BCUT2D eigenvalue weighted by Crippen LogP contribution is 2.22. The van der Waals surface area contributed by atoms with Crippen molar-refractivity contribution in [3.05, 3.63) is 0 Å². The van der Waals surface area contributed by atoms with Crippen LogP contribution in [-0.2, 0) is 14.4 Å². The number of aliphatic hydroxyl groups excluding tert-OH is 1. The van der Waals surface area contributed by atoms with Gasteiger partial charge in [-0.3, -0.25) is 19.6 Å². The van der Waals surface area contributed by atoms with Crippen molar-refractivity contribution in [2.24, 2.45) is 11.3 Å². The number of aliphatic hydroxyl groups is 1. The molecule has 0 radical (unpaired) electrons. The van der Waals surface area contributed by atoms with Crippen LogP contribution in [0.5, 0.6) is 0 Å². The molecule has 3 amide bonds. The maximum atomic E-state index is 12.9. The number of nitrogens with zero attached hydrogens (tertiary/aromatic N) is 1. The molecule has 1 aliphatic rings. The summed E-state index contributed by atoms with van der Waals surface area (Å²) < 4.78 is 0. The van der Waals surface area contributed by atoms with Crippen LogP contribution >= 0.6 is 0 Å². The van der Waals surface area contributed by atoms with Crippen molar-refractivity contribution in [3.63, 3.8) is 0 Å². The quantitative estimate of drug-likeness (QED) is 0.276. The number of amides is 3. The van der Waals surface area contributed by atoms with Crippen LogP contribution in [0.25, 0.3) is 0 Å². The van der Waals surface area contributed by atoms with Gasteiger partial charge in [0.15, 0.2) is 0 Å². The Balaban J connectivity index is 2.68. The monoisotopic (exact) mass is 413 g/mol. The maximum Gasteiger partial charge on any atom is 0.275 e. The molecule has 0 unspecified atom stereocenters. The van der Waals surface area contributed by atoms with E-state index < -0.39 is 35.8 Å². The Morgan fingerprint density at radius 1 is 1.07 bits per heavy atom. The van der Waals surface area contributed by atoms with Gasteiger partial charge in [0.2, 0.25) is 11.8 Å². The molecule has 1 rings (SSSR count). The molecule has 1 saturated carbocycles. The van der Waals surface area contributed by atoms with Crippen LogP contribution in [0.3, 0.4) is 0 Å². The number of hydrogen-bond acceptors (Lipinski definition) is 5. The van der Waals surface area contributed by atoms with E-state index in [2.05, 4.69) is 10.6 Å². The van der Waals surface area contributed by atoms with E-state index in [1.54, 1.807) is 0 Å². The van der Waals surface area contributed by atoms with E-state index in [1.807, 2.05) is 34.6 Å². The fraction of sp³-hybridized carbons (Fsp3) is 0.857. The van der Waals surface area contributed by atoms with Gasteiger partial charge in [-0.2, -0.15) is 0 Å². The van der Waals surface area contributed by atoms with Gasteiger partial charge in [0.05, 0.1) is 13.0 Å². The zero-order valence-electron chi connectivity index (χ0n) is 18.5. The molecule has 0 aliphatic heterocycles. The van der Waals surface area contributed by atoms with Crippen LogP contribution in [-0.4, -0.2) is 57.8 Å². The van der Waals surface area contributed by atoms with E-state index in [-0.39, 0.29) is 24.4 Å². The molecule has 2 atom stereocenters. The number of hydrogen-bond donors (Lipinski definition) is 4. The Morgan fingerprint density at radius 2 is 1.62 bits per heavy atom. The lowest BCUT2D eigenvalue weighted by atomic mass is 9.85. The van der Waals surface area contributed by atoms with Crippen molar-refractivity contribution in [1.82, 2.24) is 15.7 Å². The normalized spacial score (nSPS) is 17.9. The first-order valence-electron chi connectivity index (χ1n) is 10.7. The molecule has 0 bridgehead atoms. The summed E-state index contributed by atoms with van der Waals surface area (Å²) in [5, 5.41) is 25.9. The Labute approximate surface area is 174 Å². The predicted octanol–water partition coefficient (Wildman–Crippen LogP) is 1.98. The number of nitrogens with one attached hydrogen (secondary N) is 2. The van der Waals surface area contributed by atoms with E-state index in [0.29, 0.717) is 5.06 Å². The molecule has 29 heavy (non-hydrogen) atoms. The highest BCUT2D eigenvalue weighted by Gasteiger charge is 2.35.